The quantitative estimate of drug-likeness (QED) is 0.714. The first-order valence-corrected chi connectivity index (χ1v) is 8.44. The van der Waals surface area contributed by atoms with E-state index in [1.807, 2.05) is 43.3 Å². The summed E-state index contributed by atoms with van der Waals surface area (Å²) in [6, 6.07) is 13.2. The van der Waals surface area contributed by atoms with Crippen LogP contribution in [0, 0.1) is 6.92 Å². The number of carbonyl (C=O) groups excluding carboxylic acids is 1. The normalized spacial score (nSPS) is 10.5. The van der Waals surface area contributed by atoms with E-state index >= 15 is 0 Å². The van der Waals surface area contributed by atoms with Gasteiger partial charge in [0.1, 0.15) is 23.1 Å². The summed E-state index contributed by atoms with van der Waals surface area (Å²) in [5, 5.41) is 3.71. The molecule has 0 spiro atoms. The van der Waals surface area contributed by atoms with Gasteiger partial charge in [-0.25, -0.2) is 4.98 Å². The molecule has 0 saturated carbocycles. The van der Waals surface area contributed by atoms with Crippen LogP contribution in [0.2, 0.25) is 0 Å². The summed E-state index contributed by atoms with van der Waals surface area (Å²) in [6.07, 6.45) is 1.91. The predicted molar refractivity (Wildman–Crippen MR) is 91.9 cm³/mol. The number of aromatic nitrogens is 1. The molecule has 5 nitrogen and oxygen atoms in total. The third kappa shape index (κ3) is 4.45. The van der Waals surface area contributed by atoms with Crippen molar-refractivity contribution in [3.63, 3.8) is 0 Å². The molecule has 0 bridgehead atoms. The zero-order valence-corrected chi connectivity index (χ0v) is 14.1. The summed E-state index contributed by atoms with van der Waals surface area (Å²) in [5.74, 6) is 1.50. The molecule has 0 atom stereocenters. The maximum Gasteiger partial charge on any atom is 0.225 e. The van der Waals surface area contributed by atoms with Gasteiger partial charge in [-0.2, -0.15) is 0 Å². The Morgan fingerprint density at radius 1 is 1.25 bits per heavy atom. The maximum absolute atomic E-state index is 12.0. The summed E-state index contributed by atoms with van der Waals surface area (Å²) >= 11 is 1.51. The van der Waals surface area contributed by atoms with Gasteiger partial charge in [-0.15, -0.1) is 11.3 Å². The minimum Gasteiger partial charge on any atom is -0.486 e. The van der Waals surface area contributed by atoms with Crippen molar-refractivity contribution in [1.29, 1.82) is 0 Å². The second-order valence-electron chi connectivity index (χ2n) is 5.25. The average Bonchev–Trinajstić information content (AvgIpc) is 3.22. The van der Waals surface area contributed by atoms with E-state index in [9.17, 15) is 4.79 Å². The highest BCUT2D eigenvalue weighted by molar-refractivity contribution is 7.11. The SMILES string of the molecule is Cc1nc(COc2ccccc2)sc1CC(=O)NCc1ccco1. The Hall–Kier alpha value is -2.60. The van der Waals surface area contributed by atoms with Crippen LogP contribution in [0.1, 0.15) is 21.3 Å². The first kappa shape index (κ1) is 16.3. The molecule has 0 radical (unpaired) electrons. The summed E-state index contributed by atoms with van der Waals surface area (Å²) in [7, 11) is 0. The van der Waals surface area contributed by atoms with Gasteiger partial charge in [-0.3, -0.25) is 4.79 Å². The van der Waals surface area contributed by atoms with Crippen molar-refractivity contribution in [2.75, 3.05) is 0 Å². The molecule has 1 amide bonds. The molecule has 0 aliphatic rings. The molecule has 1 N–H and O–H groups in total. The van der Waals surface area contributed by atoms with Crippen LogP contribution >= 0.6 is 11.3 Å². The highest BCUT2D eigenvalue weighted by Gasteiger charge is 2.12. The van der Waals surface area contributed by atoms with Crippen LogP contribution in [0.5, 0.6) is 5.75 Å². The smallest absolute Gasteiger partial charge is 0.225 e. The van der Waals surface area contributed by atoms with Crippen LogP contribution in [-0.2, 0) is 24.4 Å². The number of nitrogens with zero attached hydrogens (tertiary/aromatic N) is 1. The average molecular weight is 342 g/mol. The number of hydrogen-bond acceptors (Lipinski definition) is 5. The highest BCUT2D eigenvalue weighted by atomic mass is 32.1. The molecule has 1 aromatic carbocycles. The van der Waals surface area contributed by atoms with Crippen molar-refractivity contribution < 1.29 is 13.9 Å². The lowest BCUT2D eigenvalue weighted by Gasteiger charge is -2.03. The second-order valence-corrected chi connectivity index (χ2v) is 6.42. The van der Waals surface area contributed by atoms with Crippen LogP contribution in [0.25, 0.3) is 0 Å². The zero-order chi connectivity index (χ0) is 16.8. The fraction of sp³-hybridized carbons (Fsp3) is 0.222. The fourth-order valence-electron chi connectivity index (χ4n) is 2.18. The van der Waals surface area contributed by atoms with E-state index in [1.54, 1.807) is 12.3 Å². The van der Waals surface area contributed by atoms with Gasteiger partial charge in [0, 0.05) is 4.88 Å². The lowest BCUT2D eigenvalue weighted by Crippen LogP contribution is -2.24. The minimum atomic E-state index is -0.0475. The molecule has 0 aliphatic carbocycles. The van der Waals surface area contributed by atoms with Crippen LogP contribution in [0.15, 0.2) is 53.1 Å². The number of thiazole rings is 1. The first-order valence-electron chi connectivity index (χ1n) is 7.63. The number of benzene rings is 1. The molecule has 0 fully saturated rings. The summed E-state index contributed by atoms with van der Waals surface area (Å²) in [6.45, 7) is 2.72. The number of rotatable bonds is 7. The lowest BCUT2D eigenvalue weighted by molar-refractivity contribution is -0.120. The summed E-state index contributed by atoms with van der Waals surface area (Å²) in [5.41, 5.74) is 0.875. The molecule has 3 aromatic rings. The van der Waals surface area contributed by atoms with Crippen molar-refractivity contribution in [2.45, 2.75) is 26.5 Å². The van der Waals surface area contributed by atoms with Crippen molar-refractivity contribution in [3.05, 3.63) is 70.1 Å². The van der Waals surface area contributed by atoms with Gasteiger partial charge in [0.05, 0.1) is 24.9 Å². The van der Waals surface area contributed by atoms with Gasteiger partial charge in [-0.1, -0.05) is 18.2 Å². The second kappa shape index (κ2) is 7.79. The van der Waals surface area contributed by atoms with Crippen molar-refractivity contribution in [2.24, 2.45) is 0 Å². The molecule has 24 heavy (non-hydrogen) atoms. The Bertz CT molecular complexity index is 782. The van der Waals surface area contributed by atoms with E-state index in [-0.39, 0.29) is 5.91 Å². The Morgan fingerprint density at radius 2 is 2.08 bits per heavy atom. The largest absolute Gasteiger partial charge is 0.486 e. The maximum atomic E-state index is 12.0. The third-order valence-corrected chi connectivity index (χ3v) is 4.53. The highest BCUT2D eigenvalue weighted by Crippen LogP contribution is 2.20. The Kier molecular flexibility index (Phi) is 5.28. The van der Waals surface area contributed by atoms with Crippen LogP contribution < -0.4 is 10.1 Å². The van der Waals surface area contributed by atoms with Gasteiger partial charge in [-0.05, 0) is 31.2 Å². The van der Waals surface area contributed by atoms with Gasteiger partial charge in [0.15, 0.2) is 0 Å². The monoisotopic (exact) mass is 342 g/mol. The fourth-order valence-corrected chi connectivity index (χ4v) is 3.16. The van der Waals surface area contributed by atoms with Gasteiger partial charge in [0.25, 0.3) is 0 Å². The molecule has 0 aliphatic heterocycles. The Morgan fingerprint density at radius 3 is 2.83 bits per heavy atom. The standard InChI is InChI=1S/C18H18N2O3S/c1-13-16(10-17(21)19-11-15-8-5-9-22-15)24-18(20-13)12-23-14-6-3-2-4-7-14/h2-9H,10-12H2,1H3,(H,19,21). The number of hydrogen-bond donors (Lipinski definition) is 1. The first-order chi connectivity index (χ1) is 11.7. The molecular formula is C18H18N2O3S. The number of para-hydroxylation sites is 1. The van der Waals surface area contributed by atoms with Crippen LogP contribution in [-0.4, -0.2) is 10.9 Å². The van der Waals surface area contributed by atoms with Crippen molar-refractivity contribution >= 4 is 17.2 Å². The molecule has 0 unspecified atom stereocenters. The lowest BCUT2D eigenvalue weighted by atomic mass is 10.3. The minimum absolute atomic E-state index is 0.0475. The number of nitrogens with one attached hydrogen (secondary N) is 1. The van der Waals surface area contributed by atoms with Gasteiger partial charge >= 0.3 is 0 Å². The molecular weight excluding hydrogens is 324 g/mol. The van der Waals surface area contributed by atoms with Gasteiger partial charge in [0.2, 0.25) is 5.91 Å². The Labute approximate surface area is 144 Å². The topological polar surface area (TPSA) is 64.4 Å². The molecule has 6 heteroatoms. The molecule has 0 saturated heterocycles. The van der Waals surface area contributed by atoms with Crippen molar-refractivity contribution in [1.82, 2.24) is 10.3 Å². The van der Waals surface area contributed by atoms with Gasteiger partial charge < -0.3 is 14.5 Å². The Balaban J connectivity index is 1.52. The van der Waals surface area contributed by atoms with E-state index in [1.165, 1.54) is 11.3 Å². The number of aryl methyl sites for hydroxylation is 1. The number of furan rings is 1. The molecule has 3 rings (SSSR count). The number of ether oxygens (including phenoxy) is 1. The summed E-state index contributed by atoms with van der Waals surface area (Å²) in [4.78, 5) is 17.5. The van der Waals surface area contributed by atoms with E-state index in [2.05, 4.69) is 10.3 Å². The van der Waals surface area contributed by atoms with Crippen LogP contribution in [0.3, 0.4) is 0 Å². The number of amides is 1. The predicted octanol–water partition coefficient (Wildman–Crippen LogP) is 3.48. The molecule has 2 aromatic heterocycles. The van der Waals surface area contributed by atoms with E-state index in [4.69, 9.17) is 9.15 Å². The summed E-state index contributed by atoms with van der Waals surface area (Å²) < 4.78 is 10.9. The third-order valence-electron chi connectivity index (χ3n) is 3.40. The van der Waals surface area contributed by atoms with Crippen LogP contribution in [0.4, 0.5) is 0 Å². The molecule has 124 valence electrons. The van der Waals surface area contributed by atoms with E-state index in [0.717, 1.165) is 27.1 Å². The van der Waals surface area contributed by atoms with Crippen molar-refractivity contribution in [3.8, 4) is 5.75 Å². The zero-order valence-electron chi connectivity index (χ0n) is 13.3. The van der Waals surface area contributed by atoms with E-state index < -0.39 is 0 Å². The van der Waals surface area contributed by atoms with E-state index in [0.29, 0.717) is 19.6 Å². The molecule has 2 heterocycles. The number of carbonyl (C=O) groups is 1.